The van der Waals surface area contributed by atoms with Gasteiger partial charge in [0.2, 0.25) is 11.5 Å². The summed E-state index contributed by atoms with van der Waals surface area (Å²) in [7, 11) is 2.98. The van der Waals surface area contributed by atoms with E-state index in [9.17, 15) is 20.4 Å². The number of fused-ring (bicyclic) bond motifs is 2. The topological polar surface area (TPSA) is 109 Å². The molecule has 4 aromatic rings. The molecule has 0 fully saturated rings. The Morgan fingerprint density at radius 2 is 1.38 bits per heavy atom. The van der Waals surface area contributed by atoms with E-state index in [1.54, 1.807) is 37.4 Å². The van der Waals surface area contributed by atoms with Crippen LogP contribution in [0.3, 0.4) is 0 Å². The minimum absolute atomic E-state index is 0.0604. The second kappa shape index (κ2) is 9.85. The van der Waals surface area contributed by atoms with Crippen LogP contribution in [0.1, 0.15) is 33.7 Å². The third-order valence-electron chi connectivity index (χ3n) is 6.77. The molecule has 0 aliphatic carbocycles. The molecule has 1 heterocycles. The minimum atomic E-state index is -0.325. The molecule has 7 heteroatoms. The number of hydrogen-bond donors (Lipinski definition) is 4. The molecule has 190 valence electrons. The molecule has 1 aliphatic rings. The summed E-state index contributed by atoms with van der Waals surface area (Å²) in [5.74, 6) is 0.970. The largest absolute Gasteiger partial charge is 0.508 e. The van der Waals surface area contributed by atoms with Crippen LogP contribution in [0.15, 0.2) is 66.7 Å². The summed E-state index contributed by atoms with van der Waals surface area (Å²) in [6.45, 7) is 0. The Hall–Kier alpha value is -4.52. The van der Waals surface area contributed by atoms with Crippen molar-refractivity contribution in [1.82, 2.24) is 0 Å². The second-order valence-corrected chi connectivity index (χ2v) is 9.09. The van der Waals surface area contributed by atoms with Gasteiger partial charge in [0.1, 0.15) is 23.0 Å². The van der Waals surface area contributed by atoms with Crippen LogP contribution in [0.2, 0.25) is 0 Å². The van der Waals surface area contributed by atoms with E-state index in [1.807, 2.05) is 36.4 Å². The molecule has 4 N–H and O–H groups in total. The maximum absolute atomic E-state index is 11.0. The zero-order valence-corrected chi connectivity index (χ0v) is 20.6. The molecule has 0 saturated heterocycles. The van der Waals surface area contributed by atoms with E-state index >= 15 is 0 Å². The average Bonchev–Trinajstić information content (AvgIpc) is 2.89. The van der Waals surface area contributed by atoms with Crippen molar-refractivity contribution >= 4 is 0 Å². The van der Waals surface area contributed by atoms with Gasteiger partial charge in [-0.3, -0.25) is 0 Å². The fourth-order valence-corrected chi connectivity index (χ4v) is 4.90. The highest BCUT2D eigenvalue weighted by Crippen LogP contribution is 2.56. The van der Waals surface area contributed by atoms with Crippen LogP contribution in [-0.4, -0.2) is 34.6 Å². The standard InChI is InChI=1S/C30H28O7/c1-35-22-11-6-18(7-12-22)13-23-24-15-21(32)14-19(8-3-17-4-9-20(31)10-5-17)28(24)37-29-25(23)16-26(33)30(36-2)27(29)34/h4-7,9-12,14-16,23,31-34H,3,8,13H2,1-2H3. The van der Waals surface area contributed by atoms with E-state index < -0.39 is 0 Å². The molecule has 1 unspecified atom stereocenters. The fourth-order valence-electron chi connectivity index (χ4n) is 4.90. The summed E-state index contributed by atoms with van der Waals surface area (Å²) < 4.78 is 16.8. The monoisotopic (exact) mass is 500 g/mol. The summed E-state index contributed by atoms with van der Waals surface area (Å²) in [6.07, 6.45) is 1.74. The van der Waals surface area contributed by atoms with E-state index in [0.717, 1.165) is 28.0 Å². The molecule has 5 rings (SSSR count). The van der Waals surface area contributed by atoms with Crippen molar-refractivity contribution in [3.8, 4) is 46.0 Å². The van der Waals surface area contributed by atoms with Gasteiger partial charge in [0.25, 0.3) is 0 Å². The predicted molar refractivity (Wildman–Crippen MR) is 139 cm³/mol. The Balaban J connectivity index is 1.60. The molecule has 0 saturated carbocycles. The van der Waals surface area contributed by atoms with Crippen molar-refractivity contribution in [2.45, 2.75) is 25.2 Å². The van der Waals surface area contributed by atoms with E-state index in [1.165, 1.54) is 7.11 Å². The normalized spacial score (nSPS) is 13.8. The molecule has 0 amide bonds. The van der Waals surface area contributed by atoms with E-state index in [4.69, 9.17) is 14.2 Å². The highest BCUT2D eigenvalue weighted by Gasteiger charge is 2.34. The van der Waals surface area contributed by atoms with Crippen molar-refractivity contribution in [3.63, 3.8) is 0 Å². The number of benzene rings is 4. The molecule has 0 radical (unpaired) electrons. The second-order valence-electron chi connectivity index (χ2n) is 9.09. The molecular formula is C30H28O7. The van der Waals surface area contributed by atoms with Crippen LogP contribution in [0.5, 0.6) is 46.0 Å². The summed E-state index contributed by atoms with van der Waals surface area (Å²) in [5.41, 5.74) is 4.16. The van der Waals surface area contributed by atoms with Crippen molar-refractivity contribution in [2.75, 3.05) is 14.2 Å². The maximum Gasteiger partial charge on any atom is 0.206 e. The molecule has 0 bridgehead atoms. The van der Waals surface area contributed by atoms with Gasteiger partial charge in [-0.2, -0.15) is 0 Å². The Labute approximate surface area is 214 Å². The molecule has 4 aromatic carbocycles. The average molecular weight is 501 g/mol. The molecular weight excluding hydrogens is 472 g/mol. The molecule has 7 nitrogen and oxygen atoms in total. The Bertz CT molecular complexity index is 1430. The molecule has 1 atom stereocenters. The Morgan fingerprint density at radius 3 is 2.05 bits per heavy atom. The van der Waals surface area contributed by atoms with Crippen LogP contribution in [-0.2, 0) is 19.3 Å². The lowest BCUT2D eigenvalue weighted by Gasteiger charge is -2.31. The third-order valence-corrected chi connectivity index (χ3v) is 6.77. The van der Waals surface area contributed by atoms with Gasteiger partial charge in [-0.05, 0) is 78.4 Å². The number of phenols is 4. The minimum Gasteiger partial charge on any atom is -0.508 e. The number of phenolic OH excluding ortho intramolecular Hbond substituents is 4. The zero-order chi connectivity index (χ0) is 26.1. The number of ether oxygens (including phenoxy) is 3. The Kier molecular flexibility index (Phi) is 6.44. The highest BCUT2D eigenvalue weighted by atomic mass is 16.5. The number of hydrogen-bond acceptors (Lipinski definition) is 7. The molecule has 1 aliphatic heterocycles. The van der Waals surface area contributed by atoms with Gasteiger partial charge >= 0.3 is 0 Å². The lowest BCUT2D eigenvalue weighted by molar-refractivity contribution is 0.325. The first-order chi connectivity index (χ1) is 17.9. The van der Waals surface area contributed by atoms with Gasteiger partial charge in [-0.15, -0.1) is 0 Å². The number of rotatable bonds is 7. The van der Waals surface area contributed by atoms with Gasteiger partial charge in [0.05, 0.1) is 14.2 Å². The van der Waals surface area contributed by atoms with Gasteiger partial charge < -0.3 is 34.6 Å². The van der Waals surface area contributed by atoms with Crippen molar-refractivity contribution in [3.05, 3.63) is 94.5 Å². The summed E-state index contributed by atoms with van der Waals surface area (Å²) in [6, 6.07) is 19.6. The van der Waals surface area contributed by atoms with Crippen LogP contribution < -0.4 is 14.2 Å². The number of methoxy groups -OCH3 is 2. The number of aryl methyl sites for hydroxylation is 2. The lowest BCUT2D eigenvalue weighted by atomic mass is 9.81. The maximum atomic E-state index is 11.0. The van der Waals surface area contributed by atoms with E-state index in [-0.39, 0.29) is 40.4 Å². The first-order valence-electron chi connectivity index (χ1n) is 11.9. The zero-order valence-electron chi connectivity index (χ0n) is 20.6. The van der Waals surface area contributed by atoms with Crippen molar-refractivity contribution in [2.24, 2.45) is 0 Å². The summed E-state index contributed by atoms with van der Waals surface area (Å²) >= 11 is 0. The van der Waals surface area contributed by atoms with Crippen LogP contribution in [0.4, 0.5) is 0 Å². The SMILES string of the molecule is COc1ccc(CC2c3cc(O)cc(CCc4ccc(O)cc4)c3Oc3c2cc(O)c(OC)c3O)cc1. The number of aromatic hydroxyl groups is 4. The first kappa shape index (κ1) is 24.2. The third kappa shape index (κ3) is 4.68. The van der Waals surface area contributed by atoms with Gasteiger partial charge in [0, 0.05) is 17.0 Å². The molecule has 0 aromatic heterocycles. The quantitative estimate of drug-likeness (QED) is 0.254. The van der Waals surface area contributed by atoms with Gasteiger partial charge in [-0.1, -0.05) is 24.3 Å². The van der Waals surface area contributed by atoms with Gasteiger partial charge in [-0.25, -0.2) is 0 Å². The first-order valence-corrected chi connectivity index (χ1v) is 11.9. The lowest BCUT2D eigenvalue weighted by Crippen LogP contribution is -2.15. The van der Waals surface area contributed by atoms with Gasteiger partial charge in [0.15, 0.2) is 11.5 Å². The van der Waals surface area contributed by atoms with Crippen LogP contribution >= 0.6 is 0 Å². The van der Waals surface area contributed by atoms with Crippen molar-refractivity contribution in [1.29, 1.82) is 0 Å². The predicted octanol–water partition coefficient (Wildman–Crippen LogP) is 5.79. The van der Waals surface area contributed by atoms with Crippen molar-refractivity contribution < 1.29 is 34.6 Å². The summed E-state index contributed by atoms with van der Waals surface area (Å²) in [4.78, 5) is 0. The Morgan fingerprint density at radius 1 is 0.703 bits per heavy atom. The molecule has 37 heavy (non-hydrogen) atoms. The summed E-state index contributed by atoms with van der Waals surface area (Å²) in [5, 5.41) is 41.8. The van der Waals surface area contributed by atoms with Crippen LogP contribution in [0, 0.1) is 0 Å². The van der Waals surface area contributed by atoms with E-state index in [2.05, 4.69) is 0 Å². The van der Waals surface area contributed by atoms with E-state index in [0.29, 0.717) is 30.6 Å². The fraction of sp³-hybridized carbons (Fsp3) is 0.200. The molecule has 0 spiro atoms. The highest BCUT2D eigenvalue weighted by molar-refractivity contribution is 5.69. The smallest absolute Gasteiger partial charge is 0.206 e. The van der Waals surface area contributed by atoms with Crippen LogP contribution in [0.25, 0.3) is 0 Å².